The summed E-state index contributed by atoms with van der Waals surface area (Å²) >= 11 is 0. The van der Waals surface area contributed by atoms with Gasteiger partial charge in [-0.3, -0.25) is 4.79 Å². The molecule has 1 aliphatic rings. The molecule has 2 rings (SSSR count). The summed E-state index contributed by atoms with van der Waals surface area (Å²) in [5.41, 5.74) is 0. The van der Waals surface area contributed by atoms with Gasteiger partial charge in [-0.25, -0.2) is 4.98 Å². The molecule has 0 spiro atoms. The van der Waals surface area contributed by atoms with Gasteiger partial charge in [0.1, 0.15) is 5.82 Å². The molecule has 1 aromatic heterocycles. The average Bonchev–Trinajstić information content (AvgIpc) is 2.94. The van der Waals surface area contributed by atoms with Crippen LogP contribution in [0.4, 0.5) is 0 Å². The Labute approximate surface area is 113 Å². The Balaban J connectivity index is 1.61. The lowest BCUT2D eigenvalue weighted by molar-refractivity contribution is -0.123. The van der Waals surface area contributed by atoms with Crippen LogP contribution in [-0.4, -0.2) is 41.7 Å². The van der Waals surface area contributed by atoms with Gasteiger partial charge in [-0.05, 0) is 32.9 Å². The molecule has 6 nitrogen and oxygen atoms in total. The first kappa shape index (κ1) is 14.0. The number of H-pyrrole nitrogens is 1. The molecule has 1 fully saturated rings. The number of amides is 1. The number of nitrogens with zero attached hydrogens (tertiary/aromatic N) is 1. The van der Waals surface area contributed by atoms with Crippen LogP contribution in [0.25, 0.3) is 0 Å². The number of ether oxygens (including phenoxy) is 1. The summed E-state index contributed by atoms with van der Waals surface area (Å²) in [6.45, 7) is 4.41. The van der Waals surface area contributed by atoms with Gasteiger partial charge in [0.2, 0.25) is 5.91 Å². The van der Waals surface area contributed by atoms with Crippen LogP contribution < -0.4 is 10.6 Å². The van der Waals surface area contributed by atoms with Crippen molar-refractivity contribution in [1.29, 1.82) is 0 Å². The number of carbonyl (C=O) groups is 1. The van der Waals surface area contributed by atoms with Gasteiger partial charge in [0, 0.05) is 18.8 Å². The minimum absolute atomic E-state index is 0.00201. The second-order valence-electron chi connectivity index (χ2n) is 4.83. The predicted octanol–water partition coefficient (Wildman–Crippen LogP) is 0.746. The summed E-state index contributed by atoms with van der Waals surface area (Å²) in [6, 6.07) is -0.0959. The van der Waals surface area contributed by atoms with Crippen molar-refractivity contribution in [2.75, 3.05) is 19.7 Å². The molecule has 6 heteroatoms. The zero-order valence-electron chi connectivity index (χ0n) is 11.3. The van der Waals surface area contributed by atoms with E-state index in [4.69, 9.17) is 4.74 Å². The highest BCUT2D eigenvalue weighted by Crippen LogP contribution is 2.08. The number of piperidine rings is 1. The van der Waals surface area contributed by atoms with E-state index in [2.05, 4.69) is 20.6 Å². The van der Waals surface area contributed by atoms with Crippen molar-refractivity contribution in [2.45, 2.75) is 38.3 Å². The zero-order chi connectivity index (χ0) is 13.5. The number of nitrogens with one attached hydrogen (secondary N) is 3. The standard InChI is InChI=1S/C13H22N4O2/c1-10(13-15-7-8-16-13)17-12(18)4-9-19-11-2-5-14-6-3-11/h7-8,10-11,14H,2-6,9H2,1H3,(H,15,16)(H,17,18). The first-order chi connectivity index (χ1) is 9.25. The van der Waals surface area contributed by atoms with Gasteiger partial charge >= 0.3 is 0 Å². The molecule has 1 atom stereocenters. The number of aromatic nitrogens is 2. The monoisotopic (exact) mass is 266 g/mol. The highest BCUT2D eigenvalue weighted by atomic mass is 16.5. The summed E-state index contributed by atoms with van der Waals surface area (Å²) in [4.78, 5) is 18.8. The normalized spacial score (nSPS) is 18.2. The number of hydrogen-bond acceptors (Lipinski definition) is 4. The largest absolute Gasteiger partial charge is 0.378 e. The lowest BCUT2D eigenvalue weighted by atomic mass is 10.1. The van der Waals surface area contributed by atoms with Crippen molar-refractivity contribution >= 4 is 5.91 Å². The Kier molecular flexibility index (Phi) is 5.35. The van der Waals surface area contributed by atoms with Crippen molar-refractivity contribution in [3.8, 4) is 0 Å². The van der Waals surface area contributed by atoms with Crippen LogP contribution >= 0.6 is 0 Å². The molecule has 0 radical (unpaired) electrons. The molecule has 2 heterocycles. The first-order valence-electron chi connectivity index (χ1n) is 6.86. The van der Waals surface area contributed by atoms with E-state index in [0.29, 0.717) is 19.1 Å². The summed E-state index contributed by atoms with van der Waals surface area (Å²) in [7, 11) is 0. The third-order valence-electron chi connectivity index (χ3n) is 3.28. The van der Waals surface area contributed by atoms with Crippen molar-refractivity contribution in [1.82, 2.24) is 20.6 Å². The van der Waals surface area contributed by atoms with Crippen LogP contribution in [0, 0.1) is 0 Å². The van der Waals surface area contributed by atoms with Crippen LogP contribution in [0.2, 0.25) is 0 Å². The lowest BCUT2D eigenvalue weighted by Crippen LogP contribution is -2.33. The lowest BCUT2D eigenvalue weighted by Gasteiger charge is -2.22. The molecule has 1 aliphatic heterocycles. The summed E-state index contributed by atoms with van der Waals surface area (Å²) in [6.07, 6.45) is 6.19. The van der Waals surface area contributed by atoms with E-state index in [9.17, 15) is 4.79 Å². The zero-order valence-corrected chi connectivity index (χ0v) is 11.3. The minimum Gasteiger partial charge on any atom is -0.378 e. The van der Waals surface area contributed by atoms with Gasteiger partial charge in [-0.2, -0.15) is 0 Å². The number of hydrogen-bond donors (Lipinski definition) is 3. The number of carbonyl (C=O) groups excluding carboxylic acids is 1. The van der Waals surface area contributed by atoms with E-state index >= 15 is 0 Å². The maximum Gasteiger partial charge on any atom is 0.222 e. The molecule has 0 bridgehead atoms. The highest BCUT2D eigenvalue weighted by molar-refractivity contribution is 5.76. The van der Waals surface area contributed by atoms with Crippen LogP contribution in [0.1, 0.15) is 38.1 Å². The molecule has 1 saturated heterocycles. The molecule has 3 N–H and O–H groups in total. The molecule has 0 aliphatic carbocycles. The van der Waals surface area contributed by atoms with Crippen LogP contribution in [0.15, 0.2) is 12.4 Å². The molecular formula is C13H22N4O2. The molecule has 0 saturated carbocycles. The Morgan fingerprint density at radius 3 is 3.05 bits per heavy atom. The molecular weight excluding hydrogens is 244 g/mol. The third-order valence-corrected chi connectivity index (χ3v) is 3.28. The second kappa shape index (κ2) is 7.25. The molecule has 1 amide bonds. The quantitative estimate of drug-likeness (QED) is 0.710. The van der Waals surface area contributed by atoms with E-state index in [0.717, 1.165) is 31.8 Å². The Hall–Kier alpha value is -1.40. The van der Waals surface area contributed by atoms with E-state index in [1.54, 1.807) is 12.4 Å². The van der Waals surface area contributed by atoms with Gasteiger partial charge in [0.15, 0.2) is 0 Å². The van der Waals surface area contributed by atoms with Crippen LogP contribution in [-0.2, 0) is 9.53 Å². The van der Waals surface area contributed by atoms with Crippen LogP contribution in [0.3, 0.4) is 0 Å². The summed E-state index contributed by atoms with van der Waals surface area (Å²) in [5.74, 6) is 0.769. The molecule has 0 aromatic carbocycles. The van der Waals surface area contributed by atoms with E-state index < -0.39 is 0 Å². The van der Waals surface area contributed by atoms with Gasteiger partial charge in [-0.15, -0.1) is 0 Å². The fourth-order valence-electron chi connectivity index (χ4n) is 2.18. The number of aromatic amines is 1. The third kappa shape index (κ3) is 4.65. The van der Waals surface area contributed by atoms with E-state index in [1.807, 2.05) is 6.92 Å². The maximum absolute atomic E-state index is 11.7. The van der Waals surface area contributed by atoms with Gasteiger partial charge < -0.3 is 20.4 Å². The number of rotatable bonds is 6. The van der Waals surface area contributed by atoms with Crippen molar-refractivity contribution < 1.29 is 9.53 Å². The molecule has 1 aromatic rings. The first-order valence-corrected chi connectivity index (χ1v) is 6.86. The smallest absolute Gasteiger partial charge is 0.222 e. The molecule has 106 valence electrons. The van der Waals surface area contributed by atoms with E-state index in [-0.39, 0.29) is 11.9 Å². The van der Waals surface area contributed by atoms with E-state index in [1.165, 1.54) is 0 Å². The molecule has 1 unspecified atom stereocenters. The van der Waals surface area contributed by atoms with Crippen molar-refractivity contribution in [3.05, 3.63) is 18.2 Å². The van der Waals surface area contributed by atoms with Crippen molar-refractivity contribution in [3.63, 3.8) is 0 Å². The average molecular weight is 266 g/mol. The molecule has 19 heavy (non-hydrogen) atoms. The Morgan fingerprint density at radius 1 is 1.58 bits per heavy atom. The highest BCUT2D eigenvalue weighted by Gasteiger charge is 2.15. The minimum atomic E-state index is -0.0959. The predicted molar refractivity (Wildman–Crippen MR) is 71.6 cm³/mol. The number of imidazole rings is 1. The SMILES string of the molecule is CC(NC(=O)CCOC1CCNCC1)c1ncc[nH]1. The van der Waals surface area contributed by atoms with Gasteiger partial charge in [0.05, 0.1) is 18.8 Å². The Bertz CT molecular complexity index is 374. The topological polar surface area (TPSA) is 79.0 Å². The van der Waals surface area contributed by atoms with Gasteiger partial charge in [0.25, 0.3) is 0 Å². The fraction of sp³-hybridized carbons (Fsp3) is 0.692. The van der Waals surface area contributed by atoms with Gasteiger partial charge in [-0.1, -0.05) is 0 Å². The Morgan fingerprint density at radius 2 is 2.37 bits per heavy atom. The summed E-state index contributed by atoms with van der Waals surface area (Å²) < 4.78 is 5.70. The fourth-order valence-corrected chi connectivity index (χ4v) is 2.18. The van der Waals surface area contributed by atoms with Crippen molar-refractivity contribution in [2.24, 2.45) is 0 Å². The second-order valence-corrected chi connectivity index (χ2v) is 4.83. The maximum atomic E-state index is 11.7. The van der Waals surface area contributed by atoms with Crippen LogP contribution in [0.5, 0.6) is 0 Å². The summed E-state index contributed by atoms with van der Waals surface area (Å²) in [5, 5.41) is 6.18.